The summed E-state index contributed by atoms with van der Waals surface area (Å²) in [5.41, 5.74) is 19.6. The van der Waals surface area contributed by atoms with Crippen LogP contribution in [0, 0.1) is 47.3 Å². The fourth-order valence-corrected chi connectivity index (χ4v) is 17.2. The van der Waals surface area contributed by atoms with Gasteiger partial charge < -0.3 is 41.4 Å². The van der Waals surface area contributed by atoms with Crippen LogP contribution in [0.4, 0.5) is 0 Å². The molecule has 3 aliphatic carbocycles. The molecule has 0 radical (unpaired) electrons. The van der Waals surface area contributed by atoms with E-state index in [4.69, 9.17) is 25.9 Å². The lowest BCUT2D eigenvalue weighted by Crippen LogP contribution is -2.48. The van der Waals surface area contributed by atoms with E-state index < -0.39 is 50.6 Å². The van der Waals surface area contributed by atoms with Crippen LogP contribution >= 0.6 is 0 Å². The molecule has 6 aromatic carbocycles. The van der Waals surface area contributed by atoms with E-state index in [0.29, 0.717) is 67.7 Å². The number of ether oxygens (including phenoxy) is 2. The van der Waals surface area contributed by atoms with Gasteiger partial charge in [0.15, 0.2) is 5.96 Å². The van der Waals surface area contributed by atoms with Gasteiger partial charge in [-0.1, -0.05) is 124 Å². The number of aliphatic hydroxyl groups is 2. The number of aliphatic hydroxyl groups excluding tert-OH is 1. The number of allylic oxidation sites excluding steroid dienone is 1. The summed E-state index contributed by atoms with van der Waals surface area (Å²) >= 11 is 0. The van der Waals surface area contributed by atoms with E-state index in [1.807, 2.05) is 54.6 Å². The number of aromatic hydroxyl groups is 2. The van der Waals surface area contributed by atoms with E-state index in [9.17, 15) is 33.4 Å². The number of nitrogens with two attached hydrogens (primary N) is 2. The van der Waals surface area contributed by atoms with Gasteiger partial charge in [-0.25, -0.2) is 4.99 Å². The number of guanidine groups is 1. The molecule has 14 rings (SSSR count). The minimum absolute atomic E-state index is 0.0116. The number of aryl methyl sites for hydroxylation is 1. The molecule has 1 saturated heterocycles. The van der Waals surface area contributed by atoms with Gasteiger partial charge in [-0.3, -0.25) is 4.55 Å². The Morgan fingerprint density at radius 1 is 0.857 bits per heavy atom. The van der Waals surface area contributed by atoms with Crippen molar-refractivity contribution in [3.63, 3.8) is 0 Å². The third kappa shape index (κ3) is 11.7. The molecule has 12 nitrogen and oxygen atoms in total. The Bertz CT molecular complexity index is 3660. The van der Waals surface area contributed by atoms with Crippen LogP contribution in [0.2, 0.25) is 0 Å². The average Bonchev–Trinajstić information content (AvgIpc) is 3.31. The summed E-state index contributed by atoms with van der Waals surface area (Å²) in [6.07, 6.45) is 9.14. The minimum Gasteiger partial charge on any atom is -0.508 e. The molecule has 6 aromatic rings. The van der Waals surface area contributed by atoms with E-state index in [1.54, 1.807) is 12.1 Å². The second kappa shape index (κ2) is 23.3. The summed E-state index contributed by atoms with van der Waals surface area (Å²) in [4.78, 5) is 5.18. The van der Waals surface area contributed by atoms with E-state index in [1.165, 1.54) is 0 Å². The summed E-state index contributed by atoms with van der Waals surface area (Å²) in [7, 11) is -4.71. The van der Waals surface area contributed by atoms with Gasteiger partial charge >= 0.3 is 0 Å². The molecule has 13 unspecified atom stereocenters. The number of phenolic OH excluding ortho intramolecular Hbond substituents is 2. The third-order valence-corrected chi connectivity index (χ3v) is 21.3. The van der Waals surface area contributed by atoms with Crippen molar-refractivity contribution in [2.45, 2.75) is 157 Å². The number of rotatable bonds is 11. The first kappa shape index (κ1) is 57.8. The van der Waals surface area contributed by atoms with Crippen molar-refractivity contribution < 1.29 is 42.9 Å². The van der Waals surface area contributed by atoms with Gasteiger partial charge in [0.05, 0.1) is 17.0 Å². The van der Waals surface area contributed by atoms with Crippen LogP contribution in [0.25, 0.3) is 10.8 Å². The molecule has 13 atom stereocenters. The van der Waals surface area contributed by atoms with Crippen molar-refractivity contribution in [2.75, 3.05) is 6.61 Å². The first-order valence-corrected chi connectivity index (χ1v) is 32.1. The van der Waals surface area contributed by atoms with Crippen LogP contribution in [0.1, 0.15) is 165 Å². The lowest BCUT2D eigenvalue weighted by atomic mass is 9.64. The standard InChI is InChI=1S/C71H81N3O9S/c1-42(2)27-51-33-58(77)34-52-30-47(18-23-61(51)52)50-13-8-26-70(78,39-50)56(28-44-9-5-4-6-10-44)40-71(74-69(72)73)55-19-16-46(17-20-55)67-53-31-54(68-63-24-21-57(76)32-48(63)12-7-11-45(41-75)29-60(36-53)82-68)37-65(67)66(84(79,80)81)38-64-43(3)14-15-49-35-59(83-71)22-25-62(49)64/h4-6,9-10,16-25,30,32-35,37,42-43,45,50,53,56,60,64-68,75-78H,8,11,13-15,26-29,31,36,38-41H2,1-3H3,(H4,72,73,74)(H,79,80,81). The maximum absolute atomic E-state index is 14.5. The molecule has 0 spiro atoms. The van der Waals surface area contributed by atoms with Crippen molar-refractivity contribution in [3.8, 4) is 29.1 Å². The molecular formula is C71H81N3O9S. The van der Waals surface area contributed by atoms with Crippen LogP contribution in [-0.4, -0.2) is 62.9 Å². The Labute approximate surface area is 495 Å². The fraction of sp³-hybridized carbons (Fsp3) is 0.451. The van der Waals surface area contributed by atoms with Gasteiger partial charge in [-0.05, 0) is 211 Å². The van der Waals surface area contributed by atoms with Crippen LogP contribution in [0.5, 0.6) is 17.2 Å². The Hall–Kier alpha value is -6.66. The molecule has 0 aromatic heterocycles. The van der Waals surface area contributed by atoms with Crippen molar-refractivity contribution >= 4 is 26.9 Å². The SMILES string of the molecule is CC(C)Cc1cc(O)cc2cc(C3CCCC(O)(C(Cc4ccccc4)CC4(N=C(N)N)Oc5ccc6c(c5)CCC(C)C6CC(S(=O)(=O)O)C5C=C6CC(CC7CC(CO)CC#Cc8cc(O)ccc8C6O7)C5c5ccc4cc5)C3)ccc12. The molecule has 0 amide bonds. The van der Waals surface area contributed by atoms with Crippen LogP contribution < -0.4 is 16.2 Å². The summed E-state index contributed by atoms with van der Waals surface area (Å²) in [6, 6.07) is 39.8. The Morgan fingerprint density at radius 3 is 2.40 bits per heavy atom. The average molecular weight is 1150 g/mol. The maximum atomic E-state index is 14.5. The lowest BCUT2D eigenvalue weighted by Gasteiger charge is -2.46. The monoisotopic (exact) mass is 1150 g/mol. The molecule has 13 heteroatoms. The Morgan fingerprint density at radius 2 is 1.64 bits per heavy atom. The topological polar surface area (TPSA) is 218 Å². The zero-order valence-electron chi connectivity index (χ0n) is 48.5. The number of nitrogens with zero attached hydrogens (tertiary/aromatic N) is 1. The number of benzene rings is 6. The first-order chi connectivity index (χ1) is 40.3. The van der Waals surface area contributed by atoms with Gasteiger partial charge in [0.1, 0.15) is 23.4 Å². The highest BCUT2D eigenvalue weighted by molar-refractivity contribution is 7.86. The van der Waals surface area contributed by atoms with E-state index in [2.05, 4.69) is 93.3 Å². The van der Waals surface area contributed by atoms with Crippen molar-refractivity contribution in [1.29, 1.82) is 0 Å². The largest absolute Gasteiger partial charge is 0.508 e. The highest BCUT2D eigenvalue weighted by Crippen LogP contribution is 2.56. The van der Waals surface area contributed by atoms with Gasteiger partial charge in [0.2, 0.25) is 5.72 Å². The molecule has 9 N–H and O–H groups in total. The number of fused-ring (bicyclic) bond motifs is 9. The summed E-state index contributed by atoms with van der Waals surface area (Å²) < 4.78 is 55.5. The van der Waals surface area contributed by atoms with Gasteiger partial charge in [0, 0.05) is 42.1 Å². The Balaban J connectivity index is 1.01. The second-order valence-electron chi connectivity index (χ2n) is 26.2. The van der Waals surface area contributed by atoms with Gasteiger partial charge in [-0.15, -0.1) is 0 Å². The number of phenols is 2. The molecular weight excluding hydrogens is 1070 g/mol. The van der Waals surface area contributed by atoms with E-state index in [-0.39, 0.29) is 72.6 Å². The number of hydrogen-bond acceptors (Lipinski definition) is 9. The van der Waals surface area contributed by atoms with Crippen molar-refractivity contribution in [1.82, 2.24) is 0 Å². The molecule has 2 fully saturated rings. The van der Waals surface area contributed by atoms with Crippen LogP contribution in [0.15, 0.2) is 138 Å². The second-order valence-corrected chi connectivity index (χ2v) is 27.9. The summed E-state index contributed by atoms with van der Waals surface area (Å²) in [5, 5.41) is 47.0. The van der Waals surface area contributed by atoms with Gasteiger partial charge in [0.25, 0.3) is 10.1 Å². The molecule has 10 bridgehead atoms. The molecule has 5 aliphatic heterocycles. The predicted molar refractivity (Wildman–Crippen MR) is 329 cm³/mol. The summed E-state index contributed by atoms with van der Waals surface area (Å²) in [6.45, 7) is 6.46. The predicted octanol–water partition coefficient (Wildman–Crippen LogP) is 12.5. The fourth-order valence-electron chi connectivity index (χ4n) is 16.1. The van der Waals surface area contributed by atoms with Crippen LogP contribution in [0.3, 0.4) is 0 Å². The highest BCUT2D eigenvalue weighted by atomic mass is 32.2. The van der Waals surface area contributed by atoms with E-state index in [0.717, 1.165) is 87.4 Å². The normalized spacial score (nSPS) is 29.5. The summed E-state index contributed by atoms with van der Waals surface area (Å²) in [5.74, 6) is 5.60. The number of hydrogen-bond donors (Lipinski definition) is 7. The lowest BCUT2D eigenvalue weighted by molar-refractivity contribution is -0.0834. The molecule has 8 aliphatic rings. The number of aliphatic imine (C=N–C) groups is 1. The van der Waals surface area contributed by atoms with Crippen LogP contribution in [-0.2, 0) is 39.8 Å². The Kier molecular flexibility index (Phi) is 16.0. The van der Waals surface area contributed by atoms with E-state index >= 15 is 0 Å². The highest BCUT2D eigenvalue weighted by Gasteiger charge is 2.51. The molecule has 5 heterocycles. The third-order valence-electron chi connectivity index (χ3n) is 20.1. The van der Waals surface area contributed by atoms with Gasteiger partial charge in [-0.2, -0.15) is 8.42 Å². The van der Waals surface area contributed by atoms with Crippen molar-refractivity contribution in [3.05, 3.63) is 183 Å². The minimum atomic E-state index is -4.71. The molecule has 1 saturated carbocycles. The van der Waals surface area contributed by atoms with Crippen molar-refractivity contribution in [2.24, 2.45) is 52.0 Å². The smallest absolute Gasteiger partial charge is 0.268 e. The molecule has 84 heavy (non-hydrogen) atoms. The quantitative estimate of drug-likeness (QED) is 0.0213. The first-order valence-electron chi connectivity index (χ1n) is 30.6. The molecule has 440 valence electrons. The zero-order valence-corrected chi connectivity index (χ0v) is 49.4. The maximum Gasteiger partial charge on any atom is 0.268 e. The zero-order chi connectivity index (χ0) is 58.7.